The fourth-order valence-electron chi connectivity index (χ4n) is 2.25. The van der Waals surface area contributed by atoms with Gasteiger partial charge >= 0.3 is 0 Å². The van der Waals surface area contributed by atoms with Crippen molar-refractivity contribution in [3.05, 3.63) is 65.2 Å². The van der Waals surface area contributed by atoms with E-state index in [-0.39, 0.29) is 18.2 Å². The Balaban J connectivity index is 2.11. The number of rotatable bonds is 6. The van der Waals surface area contributed by atoms with Gasteiger partial charge in [-0.3, -0.25) is 4.79 Å². The summed E-state index contributed by atoms with van der Waals surface area (Å²) < 4.78 is 0. The highest BCUT2D eigenvalue weighted by Crippen LogP contribution is 2.12. The van der Waals surface area contributed by atoms with Crippen molar-refractivity contribution < 1.29 is 14.5 Å². The van der Waals surface area contributed by atoms with Crippen LogP contribution in [0.3, 0.4) is 0 Å². The van der Waals surface area contributed by atoms with Crippen LogP contribution in [0.25, 0.3) is 0 Å². The molecule has 0 aliphatic rings. The molecule has 6 nitrogen and oxygen atoms in total. The van der Waals surface area contributed by atoms with Crippen molar-refractivity contribution in [2.24, 2.45) is 10.3 Å². The number of carbonyl (C=O) groups is 1. The Hall–Kier alpha value is -3.53. The molecule has 0 spiro atoms. The van der Waals surface area contributed by atoms with Crippen molar-refractivity contribution in [1.82, 2.24) is 5.32 Å². The molecule has 28 heavy (non-hydrogen) atoms. The van der Waals surface area contributed by atoms with Crippen LogP contribution in [-0.4, -0.2) is 39.3 Å². The largest absolute Gasteiger partial charge is 0.398 e. The Bertz CT molecular complexity index is 941. The second kappa shape index (κ2) is 10.6. The summed E-state index contributed by atoms with van der Waals surface area (Å²) in [5.74, 6) is 5.54. The molecule has 1 N–H and O–H groups in total. The van der Waals surface area contributed by atoms with E-state index in [1.54, 1.807) is 31.2 Å². The third-order valence-corrected chi connectivity index (χ3v) is 3.62. The molecule has 2 rings (SSSR count). The van der Waals surface area contributed by atoms with Crippen LogP contribution in [-0.2, 0) is 21.1 Å². The molecule has 0 aliphatic carbocycles. The van der Waals surface area contributed by atoms with Gasteiger partial charge in [0.15, 0.2) is 5.71 Å². The molecule has 0 atom stereocenters. The van der Waals surface area contributed by atoms with Crippen molar-refractivity contribution in [2.75, 3.05) is 14.2 Å². The van der Waals surface area contributed by atoms with E-state index in [0.29, 0.717) is 16.7 Å². The van der Waals surface area contributed by atoms with Crippen LogP contribution in [0, 0.1) is 11.8 Å². The summed E-state index contributed by atoms with van der Waals surface area (Å²) in [7, 11) is 8.56. The van der Waals surface area contributed by atoms with Crippen LogP contribution >= 0.6 is 0 Å². The highest BCUT2D eigenvalue weighted by Gasteiger charge is 2.17. The summed E-state index contributed by atoms with van der Waals surface area (Å²) in [5, 5.41) is 10.4. The molecule has 0 saturated heterocycles. The number of oxime groups is 2. The van der Waals surface area contributed by atoms with Gasteiger partial charge in [-0.15, -0.1) is 0 Å². The van der Waals surface area contributed by atoms with E-state index >= 15 is 0 Å². The summed E-state index contributed by atoms with van der Waals surface area (Å²) in [4.78, 5) is 22.3. The Morgan fingerprint density at radius 3 is 2.54 bits per heavy atom. The minimum Gasteiger partial charge on any atom is -0.398 e. The summed E-state index contributed by atoms with van der Waals surface area (Å²) >= 11 is 0. The number of benzene rings is 2. The van der Waals surface area contributed by atoms with E-state index < -0.39 is 0 Å². The second-order valence-corrected chi connectivity index (χ2v) is 5.68. The number of likely N-dealkylation sites (N-methyl/N-ethyl adjacent to an activating group) is 1. The zero-order valence-corrected chi connectivity index (χ0v) is 16.0. The highest BCUT2D eigenvalue weighted by atomic mass is 16.6. The average molecular weight is 373 g/mol. The van der Waals surface area contributed by atoms with Crippen molar-refractivity contribution >= 4 is 30.6 Å². The van der Waals surface area contributed by atoms with Crippen molar-refractivity contribution in [2.45, 2.75) is 13.5 Å². The van der Waals surface area contributed by atoms with E-state index in [4.69, 9.17) is 17.5 Å². The number of carbonyl (C=O) groups excluding carboxylic acids is 1. The number of hydrogen-bond donors (Lipinski definition) is 1. The summed E-state index contributed by atoms with van der Waals surface area (Å²) in [6, 6.07) is 14.5. The topological polar surface area (TPSA) is 72.3 Å². The maximum absolute atomic E-state index is 12.1. The van der Waals surface area contributed by atoms with Crippen molar-refractivity contribution in [3.63, 3.8) is 0 Å². The minimum atomic E-state index is -0.358. The lowest BCUT2D eigenvalue weighted by Crippen LogP contribution is -2.29. The van der Waals surface area contributed by atoms with Gasteiger partial charge in [0.2, 0.25) is 0 Å². The average Bonchev–Trinajstić information content (AvgIpc) is 2.71. The van der Waals surface area contributed by atoms with Gasteiger partial charge in [-0.25, -0.2) is 0 Å². The fourth-order valence-corrected chi connectivity index (χ4v) is 2.25. The standard InChI is InChI=1S/C21H20BN3O3/c1-15(8-9-16-10-12-18(22)13-11-16)24-28-14-17-6-4-5-7-19(17)20(25-27-3)21(26)23-2/h4-7,10-13H,14H2,1-3H3,(H,23,26)/b24-15+,25-20+. The van der Waals surface area contributed by atoms with Gasteiger partial charge in [0.25, 0.3) is 5.91 Å². The number of hydrogen-bond acceptors (Lipinski definition) is 5. The van der Waals surface area contributed by atoms with Crippen molar-refractivity contribution in [1.29, 1.82) is 0 Å². The van der Waals surface area contributed by atoms with E-state index in [1.165, 1.54) is 14.2 Å². The number of nitrogens with zero attached hydrogens (tertiary/aromatic N) is 2. The van der Waals surface area contributed by atoms with Gasteiger partial charge in [-0.2, -0.15) is 0 Å². The van der Waals surface area contributed by atoms with Gasteiger partial charge in [-0.05, 0) is 25.0 Å². The van der Waals surface area contributed by atoms with Gasteiger partial charge < -0.3 is 15.0 Å². The molecule has 1 amide bonds. The highest BCUT2D eigenvalue weighted by molar-refractivity contribution is 6.45. The lowest BCUT2D eigenvalue weighted by molar-refractivity contribution is -0.114. The molecule has 0 heterocycles. The molecule has 2 radical (unpaired) electrons. The Kier molecular flexibility index (Phi) is 7.85. The lowest BCUT2D eigenvalue weighted by Gasteiger charge is -2.09. The van der Waals surface area contributed by atoms with Crippen LogP contribution in [0.15, 0.2) is 58.8 Å². The Morgan fingerprint density at radius 2 is 1.86 bits per heavy atom. The summed E-state index contributed by atoms with van der Waals surface area (Å²) in [6.45, 7) is 1.90. The zero-order chi connectivity index (χ0) is 20.4. The predicted molar refractivity (Wildman–Crippen MR) is 111 cm³/mol. The molecule has 0 unspecified atom stereocenters. The van der Waals surface area contributed by atoms with Gasteiger partial charge in [-0.1, -0.05) is 58.1 Å². The molecule has 140 valence electrons. The first-order chi connectivity index (χ1) is 13.5. The SMILES string of the molecule is [B]c1ccc(C#C/C(C)=N/OCc2ccccc2/C(=N\OC)C(=O)NC)cc1. The first-order valence-electron chi connectivity index (χ1n) is 8.50. The zero-order valence-electron chi connectivity index (χ0n) is 16.0. The predicted octanol–water partition coefficient (Wildman–Crippen LogP) is 1.52. The smallest absolute Gasteiger partial charge is 0.273 e. The van der Waals surface area contributed by atoms with Crippen LogP contribution in [0.4, 0.5) is 0 Å². The molecule has 2 aromatic carbocycles. The second-order valence-electron chi connectivity index (χ2n) is 5.68. The molecule has 0 aromatic heterocycles. The molecule has 7 heteroatoms. The van der Waals surface area contributed by atoms with Gasteiger partial charge in [0.05, 0.1) is 0 Å². The first-order valence-corrected chi connectivity index (χ1v) is 8.50. The number of amides is 1. The van der Waals surface area contributed by atoms with Crippen LogP contribution in [0.1, 0.15) is 23.6 Å². The molecular formula is C21H20BN3O3. The molecule has 0 bridgehead atoms. The maximum Gasteiger partial charge on any atom is 0.273 e. The van der Waals surface area contributed by atoms with Gasteiger partial charge in [0, 0.05) is 23.7 Å². The van der Waals surface area contributed by atoms with Crippen molar-refractivity contribution in [3.8, 4) is 11.8 Å². The maximum atomic E-state index is 12.1. The third kappa shape index (κ3) is 6.03. The van der Waals surface area contributed by atoms with E-state index in [1.807, 2.05) is 24.3 Å². The number of nitrogens with one attached hydrogen (secondary N) is 1. The van der Waals surface area contributed by atoms with Crippen LogP contribution in [0.2, 0.25) is 0 Å². The normalized spacial score (nSPS) is 11.2. The van der Waals surface area contributed by atoms with E-state index in [2.05, 4.69) is 27.5 Å². The Morgan fingerprint density at radius 1 is 1.14 bits per heavy atom. The molecule has 0 fully saturated rings. The molecule has 0 saturated carbocycles. The van der Waals surface area contributed by atoms with E-state index in [0.717, 1.165) is 11.1 Å². The molecular weight excluding hydrogens is 353 g/mol. The lowest BCUT2D eigenvalue weighted by atomic mass is 9.95. The third-order valence-electron chi connectivity index (χ3n) is 3.62. The van der Waals surface area contributed by atoms with Crippen LogP contribution in [0.5, 0.6) is 0 Å². The van der Waals surface area contributed by atoms with Crippen LogP contribution < -0.4 is 10.8 Å². The van der Waals surface area contributed by atoms with Gasteiger partial charge in [0.1, 0.15) is 27.3 Å². The summed E-state index contributed by atoms with van der Waals surface area (Å²) in [5.41, 5.74) is 3.54. The van der Waals surface area contributed by atoms with E-state index in [9.17, 15) is 4.79 Å². The first kappa shape index (κ1) is 20.8. The Labute approximate surface area is 166 Å². The minimum absolute atomic E-state index is 0.150. The quantitative estimate of drug-likeness (QED) is 0.361. The summed E-state index contributed by atoms with van der Waals surface area (Å²) in [6.07, 6.45) is 0. The monoisotopic (exact) mass is 373 g/mol. The molecule has 2 aromatic rings. The fraction of sp³-hybridized carbons (Fsp3) is 0.190. The molecule has 0 aliphatic heterocycles.